The van der Waals surface area contributed by atoms with Gasteiger partial charge >= 0.3 is 0 Å². The molecule has 0 radical (unpaired) electrons. The van der Waals surface area contributed by atoms with Crippen molar-refractivity contribution < 1.29 is 13.6 Å². The van der Waals surface area contributed by atoms with Crippen LogP contribution in [0.15, 0.2) is 66.1 Å². The summed E-state index contributed by atoms with van der Waals surface area (Å²) in [5.41, 5.74) is 0.236. The summed E-state index contributed by atoms with van der Waals surface area (Å²) in [5.74, 6) is -1.62. The Bertz CT molecular complexity index is 889. The average molecular weight is 389 g/mol. The number of alkyl halides is 2. The van der Waals surface area contributed by atoms with Gasteiger partial charge in [0.2, 0.25) is 0 Å². The first-order valence-corrected chi connectivity index (χ1v) is 9.03. The molecule has 2 aromatic heterocycles. The maximum atomic E-state index is 12.6. The monoisotopic (exact) mass is 389 g/mol. The summed E-state index contributed by atoms with van der Waals surface area (Å²) in [6.07, 6.45) is 5.20. The number of nitrogens with one attached hydrogen (secondary N) is 2. The van der Waals surface area contributed by atoms with Crippen molar-refractivity contribution in [3.05, 3.63) is 66.7 Å². The molecule has 3 aromatic rings. The van der Waals surface area contributed by atoms with Crippen molar-refractivity contribution in [2.75, 3.05) is 18.4 Å². The van der Waals surface area contributed by atoms with E-state index in [1.807, 2.05) is 29.1 Å². The van der Waals surface area contributed by atoms with Crippen LogP contribution < -0.4 is 10.6 Å². The van der Waals surface area contributed by atoms with Gasteiger partial charge in [0.1, 0.15) is 18.0 Å². The molecule has 3 rings (SSSR count). The van der Waals surface area contributed by atoms with E-state index in [1.54, 1.807) is 18.2 Å². The van der Waals surface area contributed by atoms with Gasteiger partial charge in [-0.1, -0.05) is 23.9 Å². The van der Waals surface area contributed by atoms with Gasteiger partial charge in [-0.2, -0.15) is 8.78 Å². The minimum atomic E-state index is -2.58. The highest BCUT2D eigenvalue weighted by Gasteiger charge is 2.14. The van der Waals surface area contributed by atoms with Crippen molar-refractivity contribution in [1.29, 1.82) is 0 Å². The lowest BCUT2D eigenvalue weighted by atomic mass is 10.2. The minimum Gasteiger partial charge on any atom is -0.368 e. The van der Waals surface area contributed by atoms with E-state index in [1.165, 1.54) is 18.5 Å². The number of hydrogen-bond acceptors (Lipinski definition) is 5. The molecule has 0 saturated carbocycles. The number of aromatic nitrogens is 3. The molecule has 0 aliphatic carbocycles. The number of halogens is 2. The molecule has 0 aliphatic rings. The molecular weight excluding hydrogens is 372 g/mol. The predicted molar refractivity (Wildman–Crippen MR) is 100 cm³/mol. The molecule has 1 aromatic carbocycles. The van der Waals surface area contributed by atoms with Gasteiger partial charge in [0, 0.05) is 36.4 Å². The fourth-order valence-corrected chi connectivity index (χ4v) is 3.02. The van der Waals surface area contributed by atoms with Crippen molar-refractivity contribution in [3.63, 3.8) is 0 Å². The van der Waals surface area contributed by atoms with Crippen LogP contribution in [-0.4, -0.2) is 39.3 Å². The number of nitrogens with zero attached hydrogens (tertiary/aromatic N) is 3. The summed E-state index contributed by atoms with van der Waals surface area (Å²) in [7, 11) is 0. The van der Waals surface area contributed by atoms with E-state index < -0.39 is 11.7 Å². The summed E-state index contributed by atoms with van der Waals surface area (Å²) in [5, 5.41) is 5.81. The van der Waals surface area contributed by atoms with Crippen LogP contribution in [0.4, 0.5) is 14.6 Å². The zero-order chi connectivity index (χ0) is 19.1. The van der Waals surface area contributed by atoms with Gasteiger partial charge in [0.05, 0.1) is 5.56 Å². The van der Waals surface area contributed by atoms with E-state index in [2.05, 4.69) is 20.6 Å². The van der Waals surface area contributed by atoms with Gasteiger partial charge in [-0.15, -0.1) is 0 Å². The third kappa shape index (κ3) is 5.27. The third-order valence-electron chi connectivity index (χ3n) is 3.59. The van der Waals surface area contributed by atoms with E-state index in [0.717, 1.165) is 5.82 Å². The molecule has 0 spiro atoms. The number of rotatable bonds is 8. The Balaban J connectivity index is 1.52. The maximum Gasteiger partial charge on any atom is 0.288 e. The van der Waals surface area contributed by atoms with E-state index >= 15 is 0 Å². The van der Waals surface area contributed by atoms with Crippen molar-refractivity contribution >= 4 is 23.5 Å². The largest absolute Gasteiger partial charge is 0.368 e. The van der Waals surface area contributed by atoms with Crippen molar-refractivity contribution in [2.24, 2.45) is 0 Å². The molecule has 0 fully saturated rings. The first-order valence-electron chi connectivity index (χ1n) is 8.15. The van der Waals surface area contributed by atoms with Gasteiger partial charge in [-0.3, -0.25) is 4.79 Å². The second kappa shape index (κ2) is 9.13. The van der Waals surface area contributed by atoms with E-state index in [4.69, 9.17) is 0 Å². The molecule has 0 unspecified atom stereocenters. The summed E-state index contributed by atoms with van der Waals surface area (Å²) in [4.78, 5) is 20.8. The van der Waals surface area contributed by atoms with Crippen LogP contribution in [-0.2, 0) is 0 Å². The van der Waals surface area contributed by atoms with Crippen LogP contribution >= 0.6 is 11.8 Å². The molecule has 0 aliphatic heterocycles. The van der Waals surface area contributed by atoms with E-state index in [0.29, 0.717) is 30.7 Å². The molecule has 2 heterocycles. The molecule has 27 heavy (non-hydrogen) atoms. The first kappa shape index (κ1) is 18.8. The normalized spacial score (nSPS) is 10.8. The summed E-state index contributed by atoms with van der Waals surface area (Å²) in [6.45, 7) is 0.743. The Morgan fingerprint density at radius 2 is 1.89 bits per heavy atom. The second-order valence-electron chi connectivity index (χ2n) is 5.41. The highest BCUT2D eigenvalue weighted by molar-refractivity contribution is 7.99. The lowest BCUT2D eigenvalue weighted by Gasteiger charge is -2.11. The number of anilines is 1. The fraction of sp³-hybridized carbons (Fsp3) is 0.167. The topological polar surface area (TPSA) is 71.8 Å². The summed E-state index contributed by atoms with van der Waals surface area (Å²) >= 11 is 0.361. The van der Waals surface area contributed by atoms with Crippen molar-refractivity contribution in [2.45, 2.75) is 10.7 Å². The highest BCUT2D eigenvalue weighted by Crippen LogP contribution is 2.28. The van der Waals surface area contributed by atoms with Gasteiger partial charge < -0.3 is 15.2 Å². The van der Waals surface area contributed by atoms with Crippen molar-refractivity contribution in [1.82, 2.24) is 19.9 Å². The number of carbonyl (C=O) groups excluding carboxylic acids is 1. The Kier molecular flexibility index (Phi) is 6.37. The lowest BCUT2D eigenvalue weighted by Crippen LogP contribution is -2.29. The van der Waals surface area contributed by atoms with Crippen LogP contribution in [0.25, 0.3) is 5.82 Å². The quantitative estimate of drug-likeness (QED) is 0.456. The van der Waals surface area contributed by atoms with E-state index in [9.17, 15) is 13.6 Å². The van der Waals surface area contributed by atoms with Crippen LogP contribution in [0.5, 0.6) is 0 Å². The van der Waals surface area contributed by atoms with Gasteiger partial charge in [0.25, 0.3) is 11.7 Å². The molecule has 0 saturated heterocycles. The number of thioether (sulfide) groups is 1. The molecule has 140 valence electrons. The Labute approximate surface area is 159 Å². The smallest absolute Gasteiger partial charge is 0.288 e. The fourth-order valence-electron chi connectivity index (χ4n) is 2.39. The zero-order valence-electron chi connectivity index (χ0n) is 14.2. The van der Waals surface area contributed by atoms with Crippen molar-refractivity contribution in [3.8, 4) is 5.82 Å². The Morgan fingerprint density at radius 1 is 1.11 bits per heavy atom. The first-order chi connectivity index (χ1) is 13.1. The Morgan fingerprint density at radius 3 is 2.67 bits per heavy atom. The van der Waals surface area contributed by atoms with Gasteiger partial charge in [-0.05, 0) is 24.3 Å². The molecule has 0 atom stereocenters. The summed E-state index contributed by atoms with van der Waals surface area (Å²) in [6, 6.07) is 11.9. The number of hydrogen-bond donors (Lipinski definition) is 2. The zero-order valence-corrected chi connectivity index (χ0v) is 15.0. The number of amides is 1. The van der Waals surface area contributed by atoms with Crippen LogP contribution in [0.2, 0.25) is 0 Å². The molecule has 2 N–H and O–H groups in total. The molecule has 1 amide bonds. The maximum absolute atomic E-state index is 12.6. The van der Waals surface area contributed by atoms with Crippen LogP contribution in [0, 0.1) is 0 Å². The summed E-state index contributed by atoms with van der Waals surface area (Å²) < 4.78 is 27.1. The van der Waals surface area contributed by atoms with Crippen LogP contribution in [0.1, 0.15) is 10.4 Å². The second-order valence-corrected chi connectivity index (χ2v) is 6.44. The molecular formula is C18H17F2N5OS. The van der Waals surface area contributed by atoms with Gasteiger partial charge in [0.15, 0.2) is 0 Å². The number of benzene rings is 1. The SMILES string of the molecule is O=C(NCCNc1cc(-n2cccc2)ncn1)c1ccccc1SC(F)F. The highest BCUT2D eigenvalue weighted by atomic mass is 32.2. The molecule has 6 nitrogen and oxygen atoms in total. The van der Waals surface area contributed by atoms with Crippen LogP contribution in [0.3, 0.4) is 0 Å². The Hall–Kier alpha value is -2.94. The number of carbonyl (C=O) groups is 1. The lowest BCUT2D eigenvalue weighted by molar-refractivity contribution is 0.0952. The standard InChI is InChI=1S/C18H17F2N5OS/c19-18(20)27-14-6-2-1-5-13(14)17(26)22-8-7-21-15-11-16(24-12-23-15)25-9-3-4-10-25/h1-6,9-12,18H,7-8H2,(H,22,26)(H,21,23,24). The third-order valence-corrected chi connectivity index (χ3v) is 4.37. The minimum absolute atomic E-state index is 0.236. The predicted octanol–water partition coefficient (Wildman–Crippen LogP) is 3.42. The van der Waals surface area contributed by atoms with Gasteiger partial charge in [-0.25, -0.2) is 9.97 Å². The van der Waals surface area contributed by atoms with E-state index in [-0.39, 0.29) is 10.5 Å². The molecule has 9 heteroatoms. The average Bonchev–Trinajstić information content (AvgIpc) is 3.20. The molecule has 0 bridgehead atoms.